The Labute approximate surface area is 70.9 Å². The molecule has 0 saturated heterocycles. The molecule has 11 heavy (non-hydrogen) atoms. The van der Waals surface area contributed by atoms with Crippen molar-refractivity contribution in [2.75, 3.05) is 0 Å². The molecule has 0 rings (SSSR count). The summed E-state index contributed by atoms with van der Waals surface area (Å²) in [5.41, 5.74) is 1.38. The molecule has 0 unspecified atom stereocenters. The van der Waals surface area contributed by atoms with Gasteiger partial charge in [-0.1, -0.05) is 35.6 Å². The fourth-order valence-corrected chi connectivity index (χ4v) is 3.18. The van der Waals surface area contributed by atoms with Gasteiger partial charge < -0.3 is 0 Å². The zero-order valence-electron chi connectivity index (χ0n) is 7.70. The molecule has 0 N–H and O–H groups in total. The largest absolute Gasteiger partial charge is 0.193 e. The molecule has 0 aromatic carbocycles. The molecular formula is C9H16NP. The van der Waals surface area contributed by atoms with Gasteiger partial charge in [0.15, 0.2) is 0 Å². The van der Waals surface area contributed by atoms with Gasteiger partial charge in [-0.25, -0.2) is 0 Å². The topological polar surface area (TPSA) is 23.8 Å². The van der Waals surface area contributed by atoms with Crippen molar-refractivity contribution >= 4 is 7.92 Å². The van der Waals surface area contributed by atoms with Crippen LogP contribution in [0.4, 0.5) is 0 Å². The van der Waals surface area contributed by atoms with Gasteiger partial charge in [0.1, 0.15) is 0 Å². The molecule has 0 atom stereocenters. The lowest BCUT2D eigenvalue weighted by Gasteiger charge is -2.21. The van der Waals surface area contributed by atoms with Crippen LogP contribution in [0.3, 0.4) is 0 Å². The van der Waals surface area contributed by atoms with Gasteiger partial charge in [0.2, 0.25) is 0 Å². The molecule has 0 heterocycles. The van der Waals surface area contributed by atoms with Crippen LogP contribution in [0.25, 0.3) is 0 Å². The lowest BCUT2D eigenvalue weighted by Crippen LogP contribution is -2.00. The minimum atomic E-state index is -0.0876. The molecular weight excluding hydrogens is 153 g/mol. The number of hydrogen-bond acceptors (Lipinski definition) is 1. The van der Waals surface area contributed by atoms with Gasteiger partial charge in [0.05, 0.1) is 6.07 Å². The van der Waals surface area contributed by atoms with E-state index in [9.17, 15) is 0 Å². The quantitative estimate of drug-likeness (QED) is 0.469. The summed E-state index contributed by atoms with van der Waals surface area (Å²) in [5, 5.41) is 8.35. The maximum atomic E-state index is 8.35. The number of allylic oxidation sites excluding steroid dienone is 1. The summed E-state index contributed by atoms with van der Waals surface area (Å²) in [4.78, 5) is 0. The average molecular weight is 169 g/mol. The van der Waals surface area contributed by atoms with Crippen molar-refractivity contribution in [3.63, 3.8) is 0 Å². The van der Waals surface area contributed by atoms with Gasteiger partial charge in [-0.2, -0.15) is 5.26 Å². The normalized spacial score (nSPS) is 11.8. The van der Waals surface area contributed by atoms with E-state index in [4.69, 9.17) is 5.26 Å². The van der Waals surface area contributed by atoms with Crippen molar-refractivity contribution in [1.82, 2.24) is 0 Å². The summed E-state index contributed by atoms with van der Waals surface area (Å²) < 4.78 is 0. The smallest absolute Gasteiger partial charge is 0.0912 e. The van der Waals surface area contributed by atoms with Crippen LogP contribution in [0.1, 0.15) is 27.7 Å². The Kier molecular flexibility index (Phi) is 5.16. The Bertz CT molecular complexity index is 157. The van der Waals surface area contributed by atoms with Gasteiger partial charge in [-0.3, -0.25) is 0 Å². The Morgan fingerprint density at radius 2 is 1.64 bits per heavy atom. The highest BCUT2D eigenvalue weighted by Gasteiger charge is 2.12. The van der Waals surface area contributed by atoms with Crippen molar-refractivity contribution in [1.29, 1.82) is 5.26 Å². The van der Waals surface area contributed by atoms with Gasteiger partial charge in [-0.05, 0) is 17.1 Å². The van der Waals surface area contributed by atoms with E-state index in [1.165, 1.54) is 0 Å². The first kappa shape index (κ1) is 10.7. The lowest BCUT2D eigenvalue weighted by molar-refractivity contribution is 1.02. The van der Waals surface area contributed by atoms with Crippen LogP contribution < -0.4 is 0 Å². The Balaban J connectivity index is 4.14. The fraction of sp³-hybridized carbons (Fsp3) is 0.667. The van der Waals surface area contributed by atoms with Gasteiger partial charge in [0, 0.05) is 6.08 Å². The second-order valence-corrected chi connectivity index (χ2v) is 6.34. The summed E-state index contributed by atoms with van der Waals surface area (Å²) in [6.07, 6.45) is 1.62. The summed E-state index contributed by atoms with van der Waals surface area (Å²) in [6.45, 7) is 8.86. The lowest BCUT2D eigenvalue weighted by atomic mass is 10.5. The molecule has 0 aromatic rings. The second kappa shape index (κ2) is 5.33. The van der Waals surface area contributed by atoms with Crippen molar-refractivity contribution < 1.29 is 0 Å². The zero-order valence-corrected chi connectivity index (χ0v) is 8.60. The molecule has 0 radical (unpaired) electrons. The van der Waals surface area contributed by atoms with Crippen molar-refractivity contribution in [2.24, 2.45) is 0 Å². The van der Waals surface area contributed by atoms with Crippen LogP contribution in [0.5, 0.6) is 0 Å². The maximum absolute atomic E-state index is 8.35. The highest BCUT2D eigenvalue weighted by molar-refractivity contribution is 7.62. The Hall–Kier alpha value is -0.340. The van der Waals surface area contributed by atoms with Gasteiger partial charge >= 0.3 is 0 Å². The third-order valence-corrected chi connectivity index (χ3v) is 4.39. The fourth-order valence-electron chi connectivity index (χ4n) is 1.06. The molecule has 0 saturated carbocycles. The molecule has 1 nitrogen and oxygen atoms in total. The molecule has 0 aliphatic heterocycles. The minimum absolute atomic E-state index is 0.0876. The maximum Gasteiger partial charge on any atom is 0.0912 e. The SMILES string of the molecule is CC(C)P(/C=C/C#N)C(C)C. The second-order valence-electron chi connectivity index (χ2n) is 3.08. The van der Waals surface area contributed by atoms with E-state index in [2.05, 4.69) is 33.5 Å². The van der Waals surface area contributed by atoms with Crippen LogP contribution in [0.2, 0.25) is 0 Å². The van der Waals surface area contributed by atoms with E-state index in [0.29, 0.717) is 11.3 Å². The Morgan fingerprint density at radius 3 is 1.91 bits per heavy atom. The van der Waals surface area contributed by atoms with Crippen molar-refractivity contribution in [2.45, 2.75) is 39.0 Å². The first-order valence-corrected chi connectivity index (χ1v) is 5.48. The zero-order chi connectivity index (χ0) is 8.85. The molecule has 0 fully saturated rings. The molecule has 0 aliphatic rings. The Morgan fingerprint density at radius 1 is 1.18 bits per heavy atom. The highest BCUT2D eigenvalue weighted by Crippen LogP contribution is 2.46. The molecule has 0 aromatic heterocycles. The summed E-state index contributed by atoms with van der Waals surface area (Å²) in [5.74, 6) is 2.07. The molecule has 62 valence electrons. The third kappa shape index (κ3) is 4.17. The molecule has 0 bridgehead atoms. The first-order chi connectivity index (χ1) is 5.09. The van der Waals surface area contributed by atoms with E-state index in [1.807, 2.05) is 6.07 Å². The standard InChI is InChI=1S/C9H16NP/c1-8(2)11(9(3)4)7-5-6-10/h5,7-9H,1-4H3/b7-5+. The third-order valence-electron chi connectivity index (χ3n) is 1.51. The van der Waals surface area contributed by atoms with E-state index in [1.54, 1.807) is 6.08 Å². The monoisotopic (exact) mass is 169 g/mol. The van der Waals surface area contributed by atoms with Gasteiger partial charge in [-0.15, -0.1) is 0 Å². The van der Waals surface area contributed by atoms with Crippen LogP contribution in [0.15, 0.2) is 11.9 Å². The highest BCUT2D eigenvalue weighted by atomic mass is 31.1. The van der Waals surface area contributed by atoms with Crippen LogP contribution in [-0.2, 0) is 0 Å². The van der Waals surface area contributed by atoms with E-state index in [-0.39, 0.29) is 7.92 Å². The molecule has 0 aliphatic carbocycles. The van der Waals surface area contributed by atoms with E-state index in [0.717, 1.165) is 0 Å². The van der Waals surface area contributed by atoms with Crippen molar-refractivity contribution in [3.05, 3.63) is 11.9 Å². The first-order valence-electron chi connectivity index (χ1n) is 3.93. The number of hydrogen-bond donors (Lipinski definition) is 0. The number of rotatable bonds is 3. The molecule has 0 spiro atoms. The van der Waals surface area contributed by atoms with Crippen LogP contribution >= 0.6 is 7.92 Å². The predicted octanol–water partition coefficient (Wildman–Crippen LogP) is 3.32. The molecule has 2 heteroatoms. The summed E-state index contributed by atoms with van der Waals surface area (Å²) >= 11 is 0. The number of nitriles is 1. The van der Waals surface area contributed by atoms with Crippen molar-refractivity contribution in [3.8, 4) is 6.07 Å². The average Bonchev–Trinajstić information content (AvgIpc) is 1.87. The van der Waals surface area contributed by atoms with E-state index < -0.39 is 0 Å². The van der Waals surface area contributed by atoms with Crippen LogP contribution in [0, 0.1) is 11.3 Å². The van der Waals surface area contributed by atoms with E-state index >= 15 is 0 Å². The minimum Gasteiger partial charge on any atom is -0.193 e. The molecule has 0 amide bonds. The number of nitrogens with zero attached hydrogens (tertiary/aromatic N) is 1. The van der Waals surface area contributed by atoms with Crippen LogP contribution in [-0.4, -0.2) is 11.3 Å². The predicted molar refractivity (Wildman–Crippen MR) is 51.9 cm³/mol. The summed E-state index contributed by atoms with van der Waals surface area (Å²) in [6, 6.07) is 2.04. The summed E-state index contributed by atoms with van der Waals surface area (Å²) in [7, 11) is -0.0876. The van der Waals surface area contributed by atoms with Gasteiger partial charge in [0.25, 0.3) is 0 Å².